The number of benzene rings is 2. The Labute approximate surface area is 147 Å². The van der Waals surface area contributed by atoms with Crippen LogP contribution in [-0.4, -0.2) is 27.3 Å². The van der Waals surface area contributed by atoms with Crippen molar-refractivity contribution in [1.82, 2.24) is 0 Å². The van der Waals surface area contributed by atoms with Gasteiger partial charge < -0.3 is 4.90 Å². The highest BCUT2D eigenvalue weighted by atomic mass is 35.5. The molecule has 0 fully saturated rings. The van der Waals surface area contributed by atoms with Gasteiger partial charge in [-0.25, -0.2) is 13.6 Å². The van der Waals surface area contributed by atoms with Gasteiger partial charge in [-0.05, 0) is 56.3 Å². The molecule has 0 saturated carbocycles. The first-order valence-electron chi connectivity index (χ1n) is 7.50. The molecule has 128 valence electrons. The maximum absolute atomic E-state index is 12.6. The summed E-state index contributed by atoms with van der Waals surface area (Å²) in [4.78, 5) is 14.5. The Kier molecular flexibility index (Phi) is 5.64. The van der Waals surface area contributed by atoms with Gasteiger partial charge in [0.2, 0.25) is 10.0 Å². The van der Waals surface area contributed by atoms with Crippen LogP contribution in [0.1, 0.15) is 29.8 Å². The number of rotatable bonds is 6. The third-order valence-electron chi connectivity index (χ3n) is 3.76. The zero-order valence-electron chi connectivity index (χ0n) is 13.5. The molecule has 0 aliphatic rings. The minimum absolute atomic E-state index is 0.00840. The highest BCUT2D eigenvalue weighted by molar-refractivity contribution is 7.89. The molecule has 2 aromatic rings. The highest BCUT2D eigenvalue weighted by Gasteiger charge is 2.17. The van der Waals surface area contributed by atoms with Crippen LogP contribution in [0.25, 0.3) is 0 Å². The monoisotopic (exact) mass is 366 g/mol. The van der Waals surface area contributed by atoms with Gasteiger partial charge in [0, 0.05) is 29.9 Å². The fourth-order valence-corrected chi connectivity index (χ4v) is 3.51. The standard InChI is InChI=1S/C17H19ClN2O3S/c1-3-20(4-2)14-8-5-12(6-9-14)17(21)13-7-10-15(18)16(11-13)24(19,22)23/h5-11H,3-4H2,1-2H3,(H2,19,22,23). The molecule has 0 saturated heterocycles. The number of ketones is 1. The van der Waals surface area contributed by atoms with Crippen molar-refractivity contribution in [3.05, 3.63) is 58.6 Å². The summed E-state index contributed by atoms with van der Waals surface area (Å²) < 4.78 is 23.1. The first-order valence-corrected chi connectivity index (χ1v) is 9.42. The van der Waals surface area contributed by atoms with E-state index >= 15 is 0 Å². The molecule has 0 aliphatic carbocycles. The normalized spacial score (nSPS) is 11.3. The first-order chi connectivity index (χ1) is 11.3. The van der Waals surface area contributed by atoms with Crippen LogP contribution < -0.4 is 10.0 Å². The van der Waals surface area contributed by atoms with E-state index in [4.69, 9.17) is 16.7 Å². The predicted molar refractivity (Wildman–Crippen MR) is 96.3 cm³/mol. The van der Waals surface area contributed by atoms with Crippen LogP contribution in [0.15, 0.2) is 47.4 Å². The van der Waals surface area contributed by atoms with Gasteiger partial charge in [0.05, 0.1) is 5.02 Å². The number of carbonyl (C=O) groups excluding carboxylic acids is 1. The lowest BCUT2D eigenvalue weighted by Gasteiger charge is -2.21. The Balaban J connectivity index is 2.36. The molecular weight excluding hydrogens is 348 g/mol. The zero-order chi connectivity index (χ0) is 17.9. The second-order valence-corrected chi connectivity index (χ2v) is 7.18. The van der Waals surface area contributed by atoms with Crippen LogP contribution in [0, 0.1) is 0 Å². The summed E-state index contributed by atoms with van der Waals surface area (Å²) in [5, 5.41) is 5.11. The van der Waals surface area contributed by atoms with Gasteiger partial charge in [0.1, 0.15) is 4.90 Å². The maximum Gasteiger partial charge on any atom is 0.239 e. The average Bonchev–Trinajstić information content (AvgIpc) is 2.55. The summed E-state index contributed by atoms with van der Waals surface area (Å²) in [7, 11) is -3.99. The molecule has 2 N–H and O–H groups in total. The van der Waals surface area contributed by atoms with E-state index in [1.54, 1.807) is 12.1 Å². The summed E-state index contributed by atoms with van der Waals surface area (Å²) >= 11 is 5.84. The van der Waals surface area contributed by atoms with Crippen LogP contribution in [0.4, 0.5) is 5.69 Å². The molecule has 0 heterocycles. The zero-order valence-corrected chi connectivity index (χ0v) is 15.1. The molecule has 0 unspecified atom stereocenters. The molecule has 0 amide bonds. The number of carbonyl (C=O) groups is 1. The quantitative estimate of drug-likeness (QED) is 0.796. The van der Waals surface area contributed by atoms with Gasteiger partial charge in [0.25, 0.3) is 0 Å². The van der Waals surface area contributed by atoms with Crippen molar-refractivity contribution in [3.8, 4) is 0 Å². The molecule has 24 heavy (non-hydrogen) atoms. The van der Waals surface area contributed by atoms with Crippen molar-refractivity contribution in [3.63, 3.8) is 0 Å². The minimum atomic E-state index is -3.99. The van der Waals surface area contributed by atoms with Crippen molar-refractivity contribution in [1.29, 1.82) is 0 Å². The summed E-state index contributed by atoms with van der Waals surface area (Å²) in [5.74, 6) is -0.289. The summed E-state index contributed by atoms with van der Waals surface area (Å²) in [6.07, 6.45) is 0. The van der Waals surface area contributed by atoms with E-state index < -0.39 is 10.0 Å². The first kappa shape index (κ1) is 18.4. The fourth-order valence-electron chi connectivity index (χ4n) is 2.44. The number of hydrogen-bond donors (Lipinski definition) is 1. The lowest BCUT2D eigenvalue weighted by Crippen LogP contribution is -2.21. The Bertz CT molecular complexity index is 845. The molecular formula is C17H19ClN2O3S. The summed E-state index contributed by atoms with van der Waals surface area (Å²) in [6, 6.07) is 11.2. The Hall–Kier alpha value is -1.89. The third-order valence-corrected chi connectivity index (χ3v) is 5.15. The Morgan fingerprint density at radius 3 is 2.08 bits per heavy atom. The molecule has 5 nitrogen and oxygen atoms in total. The van der Waals surface area contributed by atoms with E-state index in [1.807, 2.05) is 12.1 Å². The van der Waals surface area contributed by atoms with Crippen LogP contribution in [0.5, 0.6) is 0 Å². The van der Waals surface area contributed by atoms with Gasteiger partial charge in [-0.15, -0.1) is 0 Å². The molecule has 7 heteroatoms. The number of hydrogen-bond acceptors (Lipinski definition) is 4. The molecule has 0 aromatic heterocycles. The Morgan fingerprint density at radius 2 is 1.58 bits per heavy atom. The number of nitrogens with two attached hydrogens (primary N) is 1. The van der Waals surface area contributed by atoms with Gasteiger partial charge in [-0.3, -0.25) is 4.79 Å². The fraction of sp³-hybridized carbons (Fsp3) is 0.235. The van der Waals surface area contributed by atoms with E-state index in [0.29, 0.717) is 5.56 Å². The smallest absolute Gasteiger partial charge is 0.239 e. The average molecular weight is 367 g/mol. The molecule has 2 rings (SSSR count). The highest BCUT2D eigenvalue weighted by Crippen LogP contribution is 2.23. The summed E-state index contributed by atoms with van der Waals surface area (Å²) in [5.41, 5.74) is 1.71. The van der Waals surface area contributed by atoms with Gasteiger partial charge in [0.15, 0.2) is 5.78 Å². The van der Waals surface area contributed by atoms with E-state index in [2.05, 4.69) is 18.7 Å². The third kappa shape index (κ3) is 3.95. The molecule has 2 aromatic carbocycles. The molecule has 0 radical (unpaired) electrons. The van der Waals surface area contributed by atoms with Gasteiger partial charge in [-0.1, -0.05) is 11.6 Å². The lowest BCUT2D eigenvalue weighted by molar-refractivity contribution is 0.103. The molecule has 0 atom stereocenters. The number of nitrogens with zero attached hydrogens (tertiary/aromatic N) is 1. The number of primary sulfonamides is 1. The van der Waals surface area contributed by atoms with Crippen LogP contribution in [-0.2, 0) is 10.0 Å². The van der Waals surface area contributed by atoms with Crippen molar-refractivity contribution in [2.24, 2.45) is 5.14 Å². The van der Waals surface area contributed by atoms with Crippen molar-refractivity contribution in [2.45, 2.75) is 18.7 Å². The second kappa shape index (κ2) is 7.34. The minimum Gasteiger partial charge on any atom is -0.372 e. The molecule has 0 bridgehead atoms. The summed E-state index contributed by atoms with van der Waals surface area (Å²) in [6.45, 7) is 5.87. The van der Waals surface area contributed by atoms with E-state index in [1.165, 1.54) is 18.2 Å². The SMILES string of the molecule is CCN(CC)c1ccc(C(=O)c2ccc(Cl)c(S(N)(=O)=O)c2)cc1. The Morgan fingerprint density at radius 1 is 1.04 bits per heavy atom. The number of sulfonamides is 1. The number of halogens is 1. The van der Waals surface area contributed by atoms with Gasteiger partial charge >= 0.3 is 0 Å². The van der Waals surface area contributed by atoms with E-state index in [-0.39, 0.29) is 21.3 Å². The second-order valence-electron chi connectivity index (χ2n) is 5.24. The topological polar surface area (TPSA) is 80.5 Å². The number of anilines is 1. The van der Waals surface area contributed by atoms with Crippen molar-refractivity contribution >= 4 is 33.1 Å². The van der Waals surface area contributed by atoms with Crippen LogP contribution >= 0.6 is 11.6 Å². The molecule has 0 spiro atoms. The van der Waals surface area contributed by atoms with Crippen LogP contribution in [0.3, 0.4) is 0 Å². The maximum atomic E-state index is 12.6. The molecule has 0 aliphatic heterocycles. The van der Waals surface area contributed by atoms with Crippen LogP contribution in [0.2, 0.25) is 5.02 Å². The van der Waals surface area contributed by atoms with Gasteiger partial charge in [-0.2, -0.15) is 0 Å². The largest absolute Gasteiger partial charge is 0.372 e. The predicted octanol–water partition coefficient (Wildman–Crippen LogP) is 3.06. The van der Waals surface area contributed by atoms with E-state index in [9.17, 15) is 13.2 Å². The lowest BCUT2D eigenvalue weighted by atomic mass is 10.0. The van der Waals surface area contributed by atoms with Crippen molar-refractivity contribution < 1.29 is 13.2 Å². The van der Waals surface area contributed by atoms with E-state index in [0.717, 1.165) is 18.8 Å². The van der Waals surface area contributed by atoms with Crippen molar-refractivity contribution in [2.75, 3.05) is 18.0 Å².